The van der Waals surface area contributed by atoms with Gasteiger partial charge in [-0.25, -0.2) is 9.48 Å². The molecule has 0 saturated carbocycles. The Labute approximate surface area is 169 Å². The van der Waals surface area contributed by atoms with Crippen LogP contribution in [0.25, 0.3) is 0 Å². The molecule has 0 aliphatic heterocycles. The largest absolute Gasteiger partial charge is 0.490 e. The molecule has 0 saturated heterocycles. The number of rotatable bonds is 7. The Kier molecular flexibility index (Phi) is 6.37. The molecular weight excluding hydrogens is 376 g/mol. The lowest BCUT2D eigenvalue weighted by molar-refractivity contribution is 0.0449. The number of aromatic nitrogens is 2. The van der Waals surface area contributed by atoms with Gasteiger partial charge in [0.1, 0.15) is 29.7 Å². The summed E-state index contributed by atoms with van der Waals surface area (Å²) in [5, 5.41) is 4.67. The number of halogens is 1. The molecule has 0 atom stereocenters. The van der Waals surface area contributed by atoms with Gasteiger partial charge in [-0.05, 0) is 38.5 Å². The van der Waals surface area contributed by atoms with Crippen LogP contribution in [0.15, 0.2) is 48.5 Å². The molecule has 3 rings (SSSR count). The van der Waals surface area contributed by atoms with Gasteiger partial charge in [-0.1, -0.05) is 59.1 Å². The zero-order chi connectivity index (χ0) is 20.1. The molecule has 1 aromatic heterocycles. The van der Waals surface area contributed by atoms with Crippen LogP contribution in [-0.4, -0.2) is 29.0 Å². The van der Waals surface area contributed by atoms with E-state index in [2.05, 4.69) is 5.10 Å². The van der Waals surface area contributed by atoms with Gasteiger partial charge in [0.25, 0.3) is 0 Å². The highest BCUT2D eigenvalue weighted by molar-refractivity contribution is 6.32. The summed E-state index contributed by atoms with van der Waals surface area (Å²) in [4.78, 5) is 12.4. The maximum absolute atomic E-state index is 12.4. The van der Waals surface area contributed by atoms with Crippen molar-refractivity contribution in [2.75, 3.05) is 13.2 Å². The minimum Gasteiger partial charge on any atom is -0.490 e. The van der Waals surface area contributed by atoms with Crippen LogP contribution in [0.1, 0.15) is 32.7 Å². The van der Waals surface area contributed by atoms with Crippen molar-refractivity contribution in [3.63, 3.8) is 0 Å². The number of nitrogens with zero attached hydrogens (tertiary/aromatic N) is 2. The Bertz CT molecular complexity index is 947. The highest BCUT2D eigenvalue weighted by atomic mass is 35.5. The van der Waals surface area contributed by atoms with E-state index in [1.807, 2.05) is 62.4 Å². The number of benzene rings is 2. The average Bonchev–Trinajstić information content (AvgIpc) is 2.95. The molecule has 1 heterocycles. The Morgan fingerprint density at radius 1 is 0.964 bits per heavy atom. The van der Waals surface area contributed by atoms with Crippen molar-refractivity contribution in [3.8, 4) is 5.75 Å². The van der Waals surface area contributed by atoms with Gasteiger partial charge in [0, 0.05) is 0 Å². The molecule has 0 bridgehead atoms. The highest BCUT2D eigenvalue weighted by Crippen LogP contribution is 2.22. The van der Waals surface area contributed by atoms with Crippen LogP contribution in [-0.2, 0) is 11.3 Å². The van der Waals surface area contributed by atoms with Crippen molar-refractivity contribution >= 4 is 17.6 Å². The van der Waals surface area contributed by atoms with Gasteiger partial charge in [-0.2, -0.15) is 5.10 Å². The lowest BCUT2D eigenvalue weighted by atomic mass is 10.1. The van der Waals surface area contributed by atoms with Crippen LogP contribution in [0.4, 0.5) is 0 Å². The second-order valence-corrected chi connectivity index (χ2v) is 7.05. The fraction of sp³-hybridized carbons (Fsp3) is 0.273. The molecule has 28 heavy (non-hydrogen) atoms. The summed E-state index contributed by atoms with van der Waals surface area (Å²) in [6.45, 7) is 6.68. The summed E-state index contributed by atoms with van der Waals surface area (Å²) in [5.41, 5.74) is 4.24. The van der Waals surface area contributed by atoms with E-state index in [0.717, 1.165) is 16.9 Å². The summed E-state index contributed by atoms with van der Waals surface area (Å²) < 4.78 is 12.5. The number of carbonyl (C=O) groups is 1. The van der Waals surface area contributed by atoms with Crippen molar-refractivity contribution in [3.05, 3.63) is 81.6 Å². The van der Waals surface area contributed by atoms with Crippen LogP contribution >= 0.6 is 11.6 Å². The second kappa shape index (κ2) is 8.93. The maximum atomic E-state index is 12.4. The monoisotopic (exact) mass is 398 g/mol. The average molecular weight is 399 g/mol. The number of hydrogen-bond donors (Lipinski definition) is 0. The number of carbonyl (C=O) groups excluding carboxylic acids is 1. The predicted molar refractivity (Wildman–Crippen MR) is 109 cm³/mol. The number of aryl methyl sites for hydroxylation is 3. The fourth-order valence-electron chi connectivity index (χ4n) is 2.76. The zero-order valence-corrected chi connectivity index (χ0v) is 17.0. The van der Waals surface area contributed by atoms with Gasteiger partial charge in [-0.15, -0.1) is 0 Å². The predicted octanol–water partition coefficient (Wildman–Crippen LogP) is 4.75. The molecule has 0 fully saturated rings. The van der Waals surface area contributed by atoms with Crippen molar-refractivity contribution in [2.24, 2.45) is 0 Å². The molecule has 5 nitrogen and oxygen atoms in total. The number of hydrogen-bond acceptors (Lipinski definition) is 4. The first kappa shape index (κ1) is 20.0. The number of ether oxygens (including phenoxy) is 2. The summed E-state index contributed by atoms with van der Waals surface area (Å²) in [5.74, 6) is 0.243. The van der Waals surface area contributed by atoms with E-state index >= 15 is 0 Å². The SMILES string of the molecule is Cc1ccc(Cn2nc(C)c(C(=O)OCCOc3ccc(C)cc3)c2Cl)cc1. The van der Waals surface area contributed by atoms with E-state index in [-0.39, 0.29) is 18.4 Å². The van der Waals surface area contributed by atoms with Crippen LogP contribution in [0.5, 0.6) is 5.75 Å². The zero-order valence-electron chi connectivity index (χ0n) is 16.2. The first-order valence-electron chi connectivity index (χ1n) is 9.09. The highest BCUT2D eigenvalue weighted by Gasteiger charge is 2.21. The summed E-state index contributed by atoms with van der Waals surface area (Å²) in [6, 6.07) is 15.8. The molecule has 0 N–H and O–H groups in total. The topological polar surface area (TPSA) is 53.4 Å². The van der Waals surface area contributed by atoms with E-state index < -0.39 is 5.97 Å². The van der Waals surface area contributed by atoms with Crippen LogP contribution in [0, 0.1) is 20.8 Å². The lowest BCUT2D eigenvalue weighted by Crippen LogP contribution is -2.13. The molecule has 146 valence electrons. The number of esters is 1. The molecule has 0 unspecified atom stereocenters. The van der Waals surface area contributed by atoms with E-state index in [0.29, 0.717) is 17.8 Å². The molecule has 6 heteroatoms. The van der Waals surface area contributed by atoms with Crippen molar-refractivity contribution in [1.82, 2.24) is 9.78 Å². The Hall–Kier alpha value is -2.79. The first-order chi connectivity index (χ1) is 13.4. The minimum atomic E-state index is -0.495. The molecule has 0 spiro atoms. The minimum absolute atomic E-state index is 0.131. The molecule has 0 amide bonds. The van der Waals surface area contributed by atoms with Crippen molar-refractivity contribution < 1.29 is 14.3 Å². The second-order valence-electron chi connectivity index (χ2n) is 6.69. The van der Waals surface area contributed by atoms with E-state index in [1.165, 1.54) is 5.56 Å². The van der Waals surface area contributed by atoms with E-state index in [1.54, 1.807) is 11.6 Å². The lowest BCUT2D eigenvalue weighted by Gasteiger charge is -2.08. The maximum Gasteiger partial charge on any atom is 0.343 e. The molecule has 3 aromatic rings. The quantitative estimate of drug-likeness (QED) is 0.426. The Morgan fingerprint density at radius 2 is 1.57 bits per heavy atom. The van der Waals surface area contributed by atoms with Gasteiger partial charge >= 0.3 is 5.97 Å². The third kappa shape index (κ3) is 4.93. The van der Waals surface area contributed by atoms with E-state index in [9.17, 15) is 4.79 Å². The van der Waals surface area contributed by atoms with Crippen LogP contribution < -0.4 is 4.74 Å². The standard InChI is InChI=1S/C22H23ClN2O3/c1-15-4-8-18(9-5-15)14-25-21(23)20(17(3)24-25)22(26)28-13-12-27-19-10-6-16(2)7-11-19/h4-11H,12-14H2,1-3H3. The molecule has 0 aliphatic carbocycles. The van der Waals surface area contributed by atoms with Gasteiger partial charge in [-0.3, -0.25) is 0 Å². The molecular formula is C22H23ClN2O3. The van der Waals surface area contributed by atoms with Gasteiger partial charge in [0.05, 0.1) is 12.2 Å². The van der Waals surface area contributed by atoms with Crippen LogP contribution in [0.3, 0.4) is 0 Å². The summed E-state index contributed by atoms with van der Waals surface area (Å²) >= 11 is 6.40. The molecule has 0 radical (unpaired) electrons. The normalized spacial score (nSPS) is 10.7. The fourth-order valence-corrected chi connectivity index (χ4v) is 3.07. The Balaban J connectivity index is 1.58. The first-order valence-corrected chi connectivity index (χ1v) is 9.47. The molecule has 2 aromatic carbocycles. The van der Waals surface area contributed by atoms with Crippen LogP contribution in [0.2, 0.25) is 5.15 Å². The van der Waals surface area contributed by atoms with Gasteiger partial charge < -0.3 is 9.47 Å². The van der Waals surface area contributed by atoms with Gasteiger partial charge in [0.15, 0.2) is 0 Å². The third-order valence-corrected chi connectivity index (χ3v) is 4.71. The summed E-state index contributed by atoms with van der Waals surface area (Å²) in [6.07, 6.45) is 0. The van der Waals surface area contributed by atoms with Gasteiger partial charge in [0.2, 0.25) is 0 Å². The summed E-state index contributed by atoms with van der Waals surface area (Å²) in [7, 11) is 0. The van der Waals surface area contributed by atoms with Crippen molar-refractivity contribution in [2.45, 2.75) is 27.3 Å². The Morgan fingerprint density at radius 3 is 2.21 bits per heavy atom. The molecule has 0 aliphatic rings. The smallest absolute Gasteiger partial charge is 0.343 e. The van der Waals surface area contributed by atoms with E-state index in [4.69, 9.17) is 21.1 Å². The third-order valence-electron chi connectivity index (χ3n) is 4.33. The van der Waals surface area contributed by atoms with Crippen molar-refractivity contribution in [1.29, 1.82) is 0 Å².